The quantitative estimate of drug-likeness (QED) is 0.762. The zero-order chi connectivity index (χ0) is 17.3. The second kappa shape index (κ2) is 6.17. The lowest BCUT2D eigenvalue weighted by Crippen LogP contribution is -2.24. The topological polar surface area (TPSA) is 42.4 Å². The van der Waals surface area contributed by atoms with E-state index in [0.717, 1.165) is 0 Å². The van der Waals surface area contributed by atoms with E-state index in [-0.39, 0.29) is 17.7 Å². The first-order chi connectivity index (χ1) is 11.4. The SMILES string of the molecule is CC(C)(CO)c1c(F)cccc1Oc1cnc2c(F)cccc2c1. The van der Waals surface area contributed by atoms with Gasteiger partial charge in [0, 0.05) is 16.4 Å². The van der Waals surface area contributed by atoms with E-state index in [9.17, 15) is 13.9 Å². The molecule has 2 aromatic carbocycles. The van der Waals surface area contributed by atoms with Crippen LogP contribution in [0.1, 0.15) is 19.4 Å². The van der Waals surface area contributed by atoms with Gasteiger partial charge < -0.3 is 9.84 Å². The molecule has 1 N–H and O–H groups in total. The third-order valence-electron chi connectivity index (χ3n) is 3.91. The van der Waals surface area contributed by atoms with Gasteiger partial charge >= 0.3 is 0 Å². The number of aliphatic hydroxyl groups is 1. The Morgan fingerprint density at radius 3 is 2.54 bits per heavy atom. The summed E-state index contributed by atoms with van der Waals surface area (Å²) in [7, 11) is 0. The number of pyridine rings is 1. The Morgan fingerprint density at radius 2 is 1.79 bits per heavy atom. The minimum Gasteiger partial charge on any atom is -0.455 e. The second-order valence-corrected chi connectivity index (χ2v) is 6.24. The minimum absolute atomic E-state index is 0.231. The van der Waals surface area contributed by atoms with Crippen molar-refractivity contribution in [3.8, 4) is 11.5 Å². The van der Waals surface area contributed by atoms with Gasteiger partial charge in [0.05, 0.1) is 12.8 Å². The second-order valence-electron chi connectivity index (χ2n) is 6.24. The van der Waals surface area contributed by atoms with E-state index in [1.165, 1.54) is 24.4 Å². The van der Waals surface area contributed by atoms with Crippen molar-refractivity contribution in [1.82, 2.24) is 4.98 Å². The van der Waals surface area contributed by atoms with E-state index in [2.05, 4.69) is 4.98 Å². The van der Waals surface area contributed by atoms with Crippen LogP contribution in [0.2, 0.25) is 0 Å². The van der Waals surface area contributed by atoms with Gasteiger partial charge in [0.25, 0.3) is 0 Å². The number of fused-ring (bicyclic) bond motifs is 1. The highest BCUT2D eigenvalue weighted by Crippen LogP contribution is 2.36. The summed E-state index contributed by atoms with van der Waals surface area (Å²) in [5, 5.41) is 10.1. The van der Waals surface area contributed by atoms with E-state index in [1.807, 2.05) is 0 Å². The number of nitrogens with zero attached hydrogens (tertiary/aromatic N) is 1. The fourth-order valence-electron chi connectivity index (χ4n) is 2.61. The summed E-state index contributed by atoms with van der Waals surface area (Å²) in [5.41, 5.74) is -0.274. The van der Waals surface area contributed by atoms with Crippen LogP contribution in [0, 0.1) is 11.6 Å². The number of aromatic nitrogens is 1. The molecule has 24 heavy (non-hydrogen) atoms. The molecule has 1 aromatic heterocycles. The third kappa shape index (κ3) is 2.95. The molecule has 0 bridgehead atoms. The Bertz CT molecular complexity index is 894. The maximum atomic E-state index is 14.3. The lowest BCUT2D eigenvalue weighted by atomic mass is 9.84. The van der Waals surface area contributed by atoms with E-state index in [0.29, 0.717) is 16.9 Å². The van der Waals surface area contributed by atoms with Crippen molar-refractivity contribution in [2.75, 3.05) is 6.61 Å². The van der Waals surface area contributed by atoms with Crippen molar-refractivity contribution in [2.24, 2.45) is 0 Å². The molecule has 0 spiro atoms. The molecule has 0 radical (unpaired) electrons. The van der Waals surface area contributed by atoms with Crippen LogP contribution in [0.4, 0.5) is 8.78 Å². The van der Waals surface area contributed by atoms with Gasteiger partial charge in [-0.05, 0) is 24.3 Å². The van der Waals surface area contributed by atoms with Crippen molar-refractivity contribution < 1.29 is 18.6 Å². The lowest BCUT2D eigenvalue weighted by Gasteiger charge is -2.25. The van der Waals surface area contributed by atoms with Crippen molar-refractivity contribution in [3.05, 3.63) is 65.9 Å². The largest absolute Gasteiger partial charge is 0.455 e. The summed E-state index contributed by atoms with van der Waals surface area (Å²) < 4.78 is 33.8. The Labute approximate surface area is 138 Å². The fourth-order valence-corrected chi connectivity index (χ4v) is 2.61. The van der Waals surface area contributed by atoms with E-state index < -0.39 is 17.0 Å². The maximum absolute atomic E-state index is 14.3. The van der Waals surface area contributed by atoms with Gasteiger partial charge in [0.15, 0.2) is 0 Å². The van der Waals surface area contributed by atoms with Gasteiger partial charge in [-0.25, -0.2) is 13.8 Å². The molecule has 0 amide bonds. The highest BCUT2D eigenvalue weighted by Gasteiger charge is 2.27. The lowest BCUT2D eigenvalue weighted by molar-refractivity contribution is 0.212. The molecule has 0 saturated heterocycles. The van der Waals surface area contributed by atoms with Crippen LogP contribution in [-0.4, -0.2) is 16.7 Å². The van der Waals surface area contributed by atoms with Crippen molar-refractivity contribution in [1.29, 1.82) is 0 Å². The fraction of sp³-hybridized carbons (Fsp3) is 0.211. The summed E-state index contributed by atoms with van der Waals surface area (Å²) in [6.45, 7) is 3.23. The normalized spacial score (nSPS) is 11.7. The highest BCUT2D eigenvalue weighted by atomic mass is 19.1. The first kappa shape index (κ1) is 16.3. The summed E-state index contributed by atoms with van der Waals surface area (Å²) in [6.07, 6.45) is 1.39. The van der Waals surface area contributed by atoms with Crippen molar-refractivity contribution in [2.45, 2.75) is 19.3 Å². The number of rotatable bonds is 4. The standard InChI is InChI=1S/C19H17F2NO2/c1-19(2,11-23)17-14(20)6-4-8-16(17)24-13-9-12-5-3-7-15(21)18(12)22-10-13/h3-10,23H,11H2,1-2H3. The average Bonchev–Trinajstić information content (AvgIpc) is 2.55. The summed E-state index contributed by atoms with van der Waals surface area (Å²) >= 11 is 0. The molecule has 5 heteroatoms. The predicted octanol–water partition coefficient (Wildman–Crippen LogP) is 4.58. The molecule has 124 valence electrons. The Hall–Kier alpha value is -2.53. The van der Waals surface area contributed by atoms with Crippen LogP contribution >= 0.6 is 0 Å². The van der Waals surface area contributed by atoms with Crippen LogP contribution < -0.4 is 4.74 Å². The molecule has 1 heterocycles. The molecule has 0 saturated carbocycles. The van der Waals surface area contributed by atoms with Gasteiger partial charge in [-0.2, -0.15) is 0 Å². The molecule has 0 fully saturated rings. The zero-order valence-electron chi connectivity index (χ0n) is 13.4. The number of benzene rings is 2. The molecule has 0 aliphatic carbocycles. The van der Waals surface area contributed by atoms with Gasteiger partial charge in [0.1, 0.15) is 28.7 Å². The van der Waals surface area contributed by atoms with Crippen molar-refractivity contribution >= 4 is 10.9 Å². The van der Waals surface area contributed by atoms with Crippen molar-refractivity contribution in [3.63, 3.8) is 0 Å². The Morgan fingerprint density at radius 1 is 1.08 bits per heavy atom. The first-order valence-electron chi connectivity index (χ1n) is 7.54. The number of aliphatic hydroxyl groups excluding tert-OH is 1. The first-order valence-corrected chi connectivity index (χ1v) is 7.54. The van der Waals surface area contributed by atoms with Gasteiger partial charge in [0.2, 0.25) is 0 Å². The number of hydrogen-bond acceptors (Lipinski definition) is 3. The molecular weight excluding hydrogens is 312 g/mol. The summed E-state index contributed by atoms with van der Waals surface area (Å²) in [4.78, 5) is 4.07. The van der Waals surface area contributed by atoms with Crippen LogP contribution in [0.3, 0.4) is 0 Å². The molecule has 0 aliphatic rings. The monoisotopic (exact) mass is 329 g/mol. The van der Waals surface area contributed by atoms with Gasteiger partial charge in [-0.3, -0.25) is 0 Å². The van der Waals surface area contributed by atoms with Crippen LogP contribution in [-0.2, 0) is 5.41 Å². The number of para-hydroxylation sites is 1. The van der Waals surface area contributed by atoms with E-state index in [4.69, 9.17) is 4.74 Å². The molecular formula is C19H17F2NO2. The number of halogens is 2. The molecule has 0 aliphatic heterocycles. The Balaban J connectivity index is 2.05. The smallest absolute Gasteiger partial charge is 0.149 e. The van der Waals surface area contributed by atoms with E-state index in [1.54, 1.807) is 38.1 Å². The van der Waals surface area contributed by atoms with Gasteiger partial charge in [-0.1, -0.05) is 32.0 Å². The molecule has 0 unspecified atom stereocenters. The third-order valence-corrected chi connectivity index (χ3v) is 3.91. The Kier molecular flexibility index (Phi) is 4.20. The van der Waals surface area contributed by atoms with Crippen LogP contribution in [0.15, 0.2) is 48.7 Å². The number of hydrogen-bond donors (Lipinski definition) is 1. The predicted molar refractivity (Wildman–Crippen MR) is 88.3 cm³/mol. The van der Waals surface area contributed by atoms with Gasteiger partial charge in [-0.15, -0.1) is 0 Å². The average molecular weight is 329 g/mol. The zero-order valence-corrected chi connectivity index (χ0v) is 13.4. The molecule has 0 atom stereocenters. The summed E-state index contributed by atoms with van der Waals surface area (Å²) in [5.74, 6) is -0.196. The molecule has 3 aromatic rings. The summed E-state index contributed by atoms with van der Waals surface area (Å²) in [6, 6.07) is 10.8. The van der Waals surface area contributed by atoms with Crippen LogP contribution in [0.5, 0.6) is 11.5 Å². The molecule has 3 rings (SSSR count). The molecule has 3 nitrogen and oxygen atoms in total. The highest BCUT2D eigenvalue weighted by molar-refractivity contribution is 5.80. The number of ether oxygens (including phenoxy) is 1. The minimum atomic E-state index is -0.808. The van der Waals surface area contributed by atoms with Crippen LogP contribution in [0.25, 0.3) is 10.9 Å². The van der Waals surface area contributed by atoms with E-state index >= 15 is 0 Å². The maximum Gasteiger partial charge on any atom is 0.149 e.